The van der Waals surface area contributed by atoms with Crippen molar-refractivity contribution in [2.45, 2.75) is 5.92 Å². The van der Waals surface area contributed by atoms with Crippen LogP contribution in [0.2, 0.25) is 0 Å². The van der Waals surface area contributed by atoms with Gasteiger partial charge >= 0.3 is 0 Å². The van der Waals surface area contributed by atoms with Gasteiger partial charge < -0.3 is 19.4 Å². The topological polar surface area (TPSA) is 50.0 Å². The molecular weight excluding hydrogens is 520 g/mol. The maximum Gasteiger partial charge on any atom is 0.164 e. The van der Waals surface area contributed by atoms with Crippen molar-refractivity contribution >= 4 is 53.7 Å². The molecule has 4 nitrogen and oxygen atoms in total. The average Bonchev–Trinajstić information content (AvgIpc) is 3.38. The summed E-state index contributed by atoms with van der Waals surface area (Å²) >= 11 is 7.27. The van der Waals surface area contributed by atoms with Gasteiger partial charge in [0.2, 0.25) is 0 Å². The summed E-state index contributed by atoms with van der Waals surface area (Å²) in [6.07, 6.45) is 4.19. The summed E-state index contributed by atoms with van der Waals surface area (Å²) in [7, 11) is 3.36. The van der Waals surface area contributed by atoms with Crippen molar-refractivity contribution in [3.63, 3.8) is 0 Å². The van der Waals surface area contributed by atoms with Crippen LogP contribution in [0.15, 0.2) is 75.9 Å². The van der Waals surface area contributed by atoms with Crippen LogP contribution in [0.25, 0.3) is 21.8 Å². The second kappa shape index (κ2) is 8.09. The zero-order chi connectivity index (χ0) is 21.5. The molecule has 0 radical (unpaired) electrons. The maximum absolute atomic E-state index is 5.85. The van der Waals surface area contributed by atoms with Crippen LogP contribution in [0.3, 0.4) is 0 Å². The van der Waals surface area contributed by atoms with Crippen LogP contribution in [0.1, 0.15) is 22.6 Å². The van der Waals surface area contributed by atoms with Gasteiger partial charge in [-0.05, 0) is 53.6 Å². The Hall–Kier alpha value is -2.70. The average molecular weight is 540 g/mol. The first-order valence-electron chi connectivity index (χ1n) is 9.84. The molecule has 0 atom stereocenters. The summed E-state index contributed by atoms with van der Waals surface area (Å²) in [5, 5.41) is 2.32. The van der Waals surface area contributed by atoms with Gasteiger partial charge in [-0.15, -0.1) is 0 Å². The number of ether oxygens (including phenoxy) is 2. The van der Waals surface area contributed by atoms with Gasteiger partial charge in [-0.25, -0.2) is 0 Å². The van der Waals surface area contributed by atoms with Gasteiger partial charge in [0.15, 0.2) is 11.5 Å². The monoisotopic (exact) mass is 538 g/mol. The third-order valence-corrected chi connectivity index (χ3v) is 6.70. The van der Waals surface area contributed by atoms with Crippen molar-refractivity contribution in [3.05, 3.63) is 92.6 Å². The molecule has 0 amide bonds. The first-order valence-corrected chi connectivity index (χ1v) is 11.4. The normalized spacial score (nSPS) is 11.5. The lowest BCUT2D eigenvalue weighted by atomic mass is 9.84. The molecule has 6 heteroatoms. The molecule has 156 valence electrons. The Morgan fingerprint density at radius 2 is 1.29 bits per heavy atom. The molecule has 0 aliphatic heterocycles. The van der Waals surface area contributed by atoms with E-state index in [4.69, 9.17) is 9.47 Å². The third kappa shape index (κ3) is 3.44. The highest BCUT2D eigenvalue weighted by Gasteiger charge is 2.27. The third-order valence-electron chi connectivity index (χ3n) is 5.72. The number of halogens is 2. The van der Waals surface area contributed by atoms with Crippen molar-refractivity contribution in [3.8, 4) is 11.5 Å². The van der Waals surface area contributed by atoms with Crippen LogP contribution in [-0.4, -0.2) is 24.2 Å². The molecule has 2 N–H and O–H groups in total. The number of hydrogen-bond donors (Lipinski definition) is 2. The summed E-state index contributed by atoms with van der Waals surface area (Å²) in [6.45, 7) is 0. The van der Waals surface area contributed by atoms with Crippen LogP contribution >= 0.6 is 31.9 Å². The molecule has 0 fully saturated rings. The van der Waals surface area contributed by atoms with Crippen LogP contribution in [0, 0.1) is 0 Å². The molecule has 0 spiro atoms. The van der Waals surface area contributed by atoms with E-state index in [0.717, 1.165) is 42.1 Å². The molecule has 0 saturated heterocycles. The summed E-state index contributed by atoms with van der Waals surface area (Å²) < 4.78 is 13.6. The largest absolute Gasteiger partial charge is 0.493 e. The maximum atomic E-state index is 5.85. The van der Waals surface area contributed by atoms with Crippen LogP contribution in [0.5, 0.6) is 11.5 Å². The van der Waals surface area contributed by atoms with Crippen molar-refractivity contribution in [2.24, 2.45) is 0 Å². The minimum absolute atomic E-state index is 0.0730. The lowest BCUT2D eigenvalue weighted by Gasteiger charge is -2.21. The number of fused-ring (bicyclic) bond motifs is 2. The van der Waals surface area contributed by atoms with Gasteiger partial charge in [-0.3, -0.25) is 0 Å². The molecule has 31 heavy (non-hydrogen) atoms. The lowest BCUT2D eigenvalue weighted by Crippen LogP contribution is -2.06. The first-order chi connectivity index (χ1) is 15.1. The number of para-hydroxylation sites is 1. The number of aromatic amines is 2. The van der Waals surface area contributed by atoms with E-state index in [0.29, 0.717) is 5.75 Å². The Morgan fingerprint density at radius 1 is 0.710 bits per heavy atom. The lowest BCUT2D eigenvalue weighted by molar-refractivity contribution is 0.351. The molecule has 2 heterocycles. The minimum atomic E-state index is -0.0730. The fraction of sp³-hybridized carbons (Fsp3) is 0.120. The van der Waals surface area contributed by atoms with Gasteiger partial charge in [-0.2, -0.15) is 0 Å². The van der Waals surface area contributed by atoms with E-state index in [-0.39, 0.29) is 5.92 Å². The molecule has 0 bridgehead atoms. The van der Waals surface area contributed by atoms with E-state index in [9.17, 15) is 0 Å². The van der Waals surface area contributed by atoms with Crippen molar-refractivity contribution in [2.75, 3.05) is 14.2 Å². The fourth-order valence-corrected chi connectivity index (χ4v) is 5.07. The molecule has 0 aliphatic carbocycles. The number of nitrogens with one attached hydrogen (secondary N) is 2. The van der Waals surface area contributed by atoms with E-state index >= 15 is 0 Å². The predicted molar refractivity (Wildman–Crippen MR) is 132 cm³/mol. The molecule has 5 rings (SSSR count). The van der Waals surface area contributed by atoms with Crippen molar-refractivity contribution < 1.29 is 9.47 Å². The highest BCUT2D eigenvalue weighted by atomic mass is 79.9. The van der Waals surface area contributed by atoms with Gasteiger partial charge in [0, 0.05) is 54.6 Å². The molecule has 3 aromatic carbocycles. The molecule has 0 unspecified atom stereocenters. The number of rotatable bonds is 5. The summed E-state index contributed by atoms with van der Waals surface area (Å²) in [5.41, 5.74) is 5.56. The Labute approximate surface area is 196 Å². The zero-order valence-electron chi connectivity index (χ0n) is 17.0. The summed E-state index contributed by atoms with van der Waals surface area (Å²) in [4.78, 5) is 6.88. The van der Waals surface area contributed by atoms with E-state index in [1.165, 1.54) is 11.1 Å². The zero-order valence-corrected chi connectivity index (χ0v) is 20.2. The number of hydrogen-bond acceptors (Lipinski definition) is 2. The SMILES string of the molecule is COc1cccc(C(c2c[nH]c3ccc(Br)cc23)c2c[nH]c3ccc(Br)cc23)c1OC. The number of aromatic nitrogens is 2. The standard InChI is InChI=1S/C25H20Br2N2O2/c1-30-23-5-3-4-16(25(23)31-2)24(19-12-28-21-8-6-14(26)10-17(19)21)20-13-29-22-9-7-15(27)11-18(20)22/h3-13,24,28-29H,1-2H3. The smallest absolute Gasteiger partial charge is 0.164 e. The Morgan fingerprint density at radius 3 is 1.81 bits per heavy atom. The number of methoxy groups -OCH3 is 2. The summed E-state index contributed by atoms with van der Waals surface area (Å²) in [6, 6.07) is 18.6. The van der Waals surface area contributed by atoms with Gasteiger partial charge in [-0.1, -0.05) is 44.0 Å². The molecule has 2 aromatic heterocycles. The second-order valence-electron chi connectivity index (χ2n) is 7.38. The Bertz CT molecular complexity index is 1320. The molecule has 5 aromatic rings. The second-order valence-corrected chi connectivity index (χ2v) is 9.21. The highest BCUT2D eigenvalue weighted by molar-refractivity contribution is 9.10. The van der Waals surface area contributed by atoms with Crippen LogP contribution in [-0.2, 0) is 0 Å². The van der Waals surface area contributed by atoms with E-state index in [1.54, 1.807) is 14.2 Å². The fourth-order valence-electron chi connectivity index (χ4n) is 4.35. The Kier molecular flexibility index (Phi) is 5.28. The van der Waals surface area contributed by atoms with E-state index in [2.05, 4.69) is 84.6 Å². The molecule has 0 saturated carbocycles. The van der Waals surface area contributed by atoms with E-state index in [1.807, 2.05) is 24.3 Å². The van der Waals surface area contributed by atoms with Gasteiger partial charge in [0.05, 0.1) is 14.2 Å². The van der Waals surface area contributed by atoms with Crippen LogP contribution < -0.4 is 9.47 Å². The highest BCUT2D eigenvalue weighted by Crippen LogP contribution is 2.45. The quantitative estimate of drug-likeness (QED) is 0.245. The van der Waals surface area contributed by atoms with Gasteiger partial charge in [0.1, 0.15) is 0 Å². The van der Waals surface area contributed by atoms with Crippen molar-refractivity contribution in [1.29, 1.82) is 0 Å². The first kappa shape index (κ1) is 20.2. The van der Waals surface area contributed by atoms with Crippen LogP contribution in [0.4, 0.5) is 0 Å². The minimum Gasteiger partial charge on any atom is -0.493 e. The predicted octanol–water partition coefficient (Wildman–Crippen LogP) is 7.37. The Balaban J connectivity index is 1.85. The molecular formula is C25H20Br2N2O2. The molecule has 0 aliphatic rings. The summed E-state index contributed by atoms with van der Waals surface area (Å²) in [5.74, 6) is 1.38. The number of H-pyrrole nitrogens is 2. The van der Waals surface area contributed by atoms with Gasteiger partial charge in [0.25, 0.3) is 0 Å². The van der Waals surface area contributed by atoms with E-state index < -0.39 is 0 Å². The van der Waals surface area contributed by atoms with Crippen molar-refractivity contribution in [1.82, 2.24) is 9.97 Å². The number of benzene rings is 3.